The van der Waals surface area contributed by atoms with Crippen LogP contribution in [0.4, 0.5) is 0 Å². The average molecular weight is 348 g/mol. The van der Waals surface area contributed by atoms with E-state index in [4.69, 9.17) is 16.0 Å². The molecule has 3 rings (SSSR count). The molecule has 0 spiro atoms. The average Bonchev–Trinajstić information content (AvgIpc) is 3.29. The molecule has 0 radical (unpaired) electrons. The molecule has 1 fully saturated rings. The highest BCUT2D eigenvalue weighted by atomic mass is 35.5. The third-order valence-electron chi connectivity index (χ3n) is 3.70. The van der Waals surface area contributed by atoms with Crippen molar-refractivity contribution >= 4 is 23.4 Å². The third kappa shape index (κ3) is 4.35. The van der Waals surface area contributed by atoms with E-state index in [2.05, 4.69) is 15.6 Å². The van der Waals surface area contributed by atoms with Crippen molar-refractivity contribution in [1.29, 1.82) is 0 Å². The monoisotopic (exact) mass is 347 g/mol. The summed E-state index contributed by atoms with van der Waals surface area (Å²) in [4.78, 5) is 27.9. The molecular weight excluding hydrogens is 330 g/mol. The van der Waals surface area contributed by atoms with E-state index in [9.17, 15) is 9.59 Å². The summed E-state index contributed by atoms with van der Waals surface area (Å²) < 4.78 is 5.61. The van der Waals surface area contributed by atoms with Crippen LogP contribution in [0.15, 0.2) is 28.7 Å². The quantitative estimate of drug-likeness (QED) is 0.839. The number of amides is 2. The van der Waals surface area contributed by atoms with E-state index >= 15 is 0 Å². The zero-order valence-corrected chi connectivity index (χ0v) is 14.0. The van der Waals surface area contributed by atoms with Crippen LogP contribution in [0.5, 0.6) is 0 Å². The standard InChI is InChI=1S/C17H18ClN3O3/c1-10-14(8-15(22)19-9-16(23)20-13-6-7-13)21-17(24-10)11-2-4-12(18)5-3-11/h2-5,13H,6-9H2,1H3,(H,19,22)(H,20,23). The molecule has 1 aromatic carbocycles. The molecule has 24 heavy (non-hydrogen) atoms. The largest absolute Gasteiger partial charge is 0.441 e. The van der Waals surface area contributed by atoms with E-state index in [1.165, 1.54) is 0 Å². The van der Waals surface area contributed by atoms with Crippen molar-refractivity contribution in [3.63, 3.8) is 0 Å². The van der Waals surface area contributed by atoms with E-state index in [1.807, 2.05) is 0 Å². The fourth-order valence-corrected chi connectivity index (χ4v) is 2.33. The minimum absolute atomic E-state index is 0.0176. The number of aryl methyl sites for hydroxylation is 1. The van der Waals surface area contributed by atoms with E-state index in [-0.39, 0.29) is 30.8 Å². The molecule has 0 unspecified atom stereocenters. The molecular formula is C17H18ClN3O3. The Kier molecular flexibility index (Phi) is 4.85. The maximum atomic E-state index is 12.0. The second kappa shape index (κ2) is 7.05. The minimum atomic E-state index is -0.264. The predicted octanol–water partition coefficient (Wildman–Crippen LogP) is 2.24. The number of hydrogen-bond donors (Lipinski definition) is 2. The number of hydrogen-bond acceptors (Lipinski definition) is 4. The lowest BCUT2D eigenvalue weighted by Gasteiger charge is -2.05. The van der Waals surface area contributed by atoms with Crippen LogP contribution in [0.1, 0.15) is 24.3 Å². The van der Waals surface area contributed by atoms with E-state index in [0.717, 1.165) is 18.4 Å². The molecule has 126 valence electrons. The highest BCUT2D eigenvalue weighted by molar-refractivity contribution is 6.30. The summed E-state index contributed by atoms with van der Waals surface area (Å²) in [5.74, 6) is 0.598. The summed E-state index contributed by atoms with van der Waals surface area (Å²) in [6.45, 7) is 1.74. The summed E-state index contributed by atoms with van der Waals surface area (Å²) in [6, 6.07) is 7.40. The number of halogens is 1. The van der Waals surface area contributed by atoms with Crippen LogP contribution in [0.2, 0.25) is 5.02 Å². The maximum absolute atomic E-state index is 12.0. The van der Waals surface area contributed by atoms with E-state index in [1.54, 1.807) is 31.2 Å². The van der Waals surface area contributed by atoms with Gasteiger partial charge in [-0.1, -0.05) is 11.6 Å². The highest BCUT2D eigenvalue weighted by Crippen LogP contribution is 2.23. The lowest BCUT2D eigenvalue weighted by Crippen LogP contribution is -2.38. The fourth-order valence-electron chi connectivity index (χ4n) is 2.21. The first-order valence-corrected chi connectivity index (χ1v) is 8.17. The van der Waals surface area contributed by atoms with Crippen molar-refractivity contribution < 1.29 is 14.0 Å². The van der Waals surface area contributed by atoms with Gasteiger partial charge in [-0.25, -0.2) is 4.98 Å². The molecule has 2 amide bonds. The number of carbonyl (C=O) groups excluding carboxylic acids is 2. The Hall–Kier alpha value is -2.34. The van der Waals surface area contributed by atoms with Crippen molar-refractivity contribution in [3.8, 4) is 11.5 Å². The molecule has 2 N–H and O–H groups in total. The molecule has 6 nitrogen and oxygen atoms in total. The van der Waals surface area contributed by atoms with Gasteiger partial charge >= 0.3 is 0 Å². The van der Waals surface area contributed by atoms with Gasteiger partial charge in [-0.15, -0.1) is 0 Å². The van der Waals surface area contributed by atoms with E-state index in [0.29, 0.717) is 22.4 Å². The molecule has 0 atom stereocenters. The SMILES string of the molecule is Cc1oc(-c2ccc(Cl)cc2)nc1CC(=O)NCC(=O)NC1CC1. The second-order valence-corrected chi connectivity index (χ2v) is 6.26. The lowest BCUT2D eigenvalue weighted by molar-refractivity contribution is -0.125. The molecule has 0 bridgehead atoms. The van der Waals surface area contributed by atoms with Crippen molar-refractivity contribution in [3.05, 3.63) is 40.7 Å². The normalized spacial score (nSPS) is 13.6. The molecule has 0 aliphatic heterocycles. The van der Waals surface area contributed by atoms with Crippen LogP contribution in [0, 0.1) is 6.92 Å². The summed E-state index contributed by atoms with van der Waals surface area (Å²) in [5.41, 5.74) is 1.35. The van der Waals surface area contributed by atoms with Gasteiger partial charge < -0.3 is 15.1 Å². The molecule has 2 aromatic rings. The van der Waals surface area contributed by atoms with Gasteiger partial charge in [0.2, 0.25) is 17.7 Å². The zero-order chi connectivity index (χ0) is 17.1. The first-order valence-electron chi connectivity index (χ1n) is 7.79. The van der Waals surface area contributed by atoms with Crippen LogP contribution in [0.25, 0.3) is 11.5 Å². The third-order valence-corrected chi connectivity index (χ3v) is 3.95. The van der Waals surface area contributed by atoms with Crippen molar-refractivity contribution in [2.45, 2.75) is 32.2 Å². The van der Waals surface area contributed by atoms with E-state index < -0.39 is 0 Å². The Bertz CT molecular complexity index is 751. The Labute approximate surface area is 144 Å². The molecule has 1 saturated carbocycles. The summed E-state index contributed by atoms with van der Waals surface area (Å²) in [5, 5.41) is 6.04. The first-order chi connectivity index (χ1) is 11.5. The van der Waals surface area contributed by atoms with Crippen LogP contribution < -0.4 is 10.6 Å². The first kappa shape index (κ1) is 16.5. The van der Waals surface area contributed by atoms with Gasteiger partial charge in [0.05, 0.1) is 18.7 Å². The number of oxazole rings is 1. The zero-order valence-electron chi connectivity index (χ0n) is 13.3. The molecule has 1 heterocycles. The van der Waals surface area contributed by atoms with Gasteiger partial charge in [-0.2, -0.15) is 0 Å². The Morgan fingerprint density at radius 1 is 1.25 bits per heavy atom. The van der Waals surface area contributed by atoms with Crippen LogP contribution in [-0.4, -0.2) is 29.4 Å². The van der Waals surface area contributed by atoms with Crippen molar-refractivity contribution in [1.82, 2.24) is 15.6 Å². The van der Waals surface area contributed by atoms with Gasteiger partial charge in [-0.05, 0) is 44.0 Å². The lowest BCUT2D eigenvalue weighted by atomic mass is 10.2. The molecule has 1 aliphatic rings. The smallest absolute Gasteiger partial charge is 0.239 e. The van der Waals surface area contributed by atoms with Crippen LogP contribution >= 0.6 is 11.6 Å². The number of aromatic nitrogens is 1. The fraction of sp³-hybridized carbons (Fsp3) is 0.353. The summed E-state index contributed by atoms with van der Waals surface area (Å²) in [6.07, 6.45) is 2.11. The number of nitrogens with zero attached hydrogens (tertiary/aromatic N) is 1. The number of nitrogens with one attached hydrogen (secondary N) is 2. The molecule has 1 aromatic heterocycles. The Morgan fingerprint density at radius 2 is 1.96 bits per heavy atom. The van der Waals surface area contributed by atoms with Gasteiger partial charge in [0, 0.05) is 16.6 Å². The second-order valence-electron chi connectivity index (χ2n) is 5.82. The molecule has 1 aliphatic carbocycles. The molecule has 7 heteroatoms. The number of benzene rings is 1. The minimum Gasteiger partial charge on any atom is -0.441 e. The maximum Gasteiger partial charge on any atom is 0.239 e. The summed E-state index contributed by atoms with van der Waals surface area (Å²) in [7, 11) is 0. The topological polar surface area (TPSA) is 84.2 Å². The van der Waals surface area contributed by atoms with Gasteiger partial charge in [0.25, 0.3) is 0 Å². The van der Waals surface area contributed by atoms with Gasteiger partial charge in [0.1, 0.15) is 5.76 Å². The Balaban J connectivity index is 1.57. The van der Waals surface area contributed by atoms with Gasteiger partial charge in [-0.3, -0.25) is 9.59 Å². The highest BCUT2D eigenvalue weighted by Gasteiger charge is 2.23. The number of rotatable bonds is 6. The predicted molar refractivity (Wildman–Crippen MR) is 89.6 cm³/mol. The Morgan fingerprint density at radius 3 is 2.62 bits per heavy atom. The van der Waals surface area contributed by atoms with Crippen LogP contribution in [-0.2, 0) is 16.0 Å². The molecule has 0 saturated heterocycles. The van der Waals surface area contributed by atoms with Gasteiger partial charge in [0.15, 0.2) is 0 Å². The van der Waals surface area contributed by atoms with Crippen LogP contribution in [0.3, 0.4) is 0 Å². The number of carbonyl (C=O) groups is 2. The van der Waals surface area contributed by atoms with Crippen molar-refractivity contribution in [2.24, 2.45) is 0 Å². The van der Waals surface area contributed by atoms with Crippen molar-refractivity contribution in [2.75, 3.05) is 6.54 Å². The summed E-state index contributed by atoms with van der Waals surface area (Å²) >= 11 is 5.86.